The van der Waals surface area contributed by atoms with Gasteiger partial charge in [0.25, 0.3) is 5.91 Å². The maximum absolute atomic E-state index is 12.9. The van der Waals surface area contributed by atoms with Crippen molar-refractivity contribution in [3.63, 3.8) is 0 Å². The van der Waals surface area contributed by atoms with Crippen molar-refractivity contribution >= 4 is 22.8 Å². The summed E-state index contributed by atoms with van der Waals surface area (Å²) in [5.41, 5.74) is 5.14. The van der Waals surface area contributed by atoms with E-state index in [0.717, 1.165) is 45.0 Å². The zero-order valence-electron chi connectivity index (χ0n) is 21.3. The van der Waals surface area contributed by atoms with Gasteiger partial charge in [-0.05, 0) is 36.2 Å². The highest BCUT2D eigenvalue weighted by Gasteiger charge is 2.26. The fourth-order valence-electron chi connectivity index (χ4n) is 5.02. The molecule has 0 atom stereocenters. The summed E-state index contributed by atoms with van der Waals surface area (Å²) in [4.78, 5) is 26.5. The van der Waals surface area contributed by atoms with Crippen LogP contribution in [-0.4, -0.2) is 58.1 Å². The van der Waals surface area contributed by atoms with Gasteiger partial charge in [-0.2, -0.15) is 0 Å². The van der Waals surface area contributed by atoms with E-state index in [0.29, 0.717) is 26.2 Å². The van der Waals surface area contributed by atoms with Gasteiger partial charge in [0.2, 0.25) is 0 Å². The molecule has 0 aliphatic carbocycles. The van der Waals surface area contributed by atoms with Gasteiger partial charge in [-0.1, -0.05) is 66.7 Å². The Labute approximate surface area is 221 Å². The van der Waals surface area contributed by atoms with Crippen LogP contribution in [0, 0.1) is 6.92 Å². The first-order valence-corrected chi connectivity index (χ1v) is 12.9. The van der Waals surface area contributed by atoms with Crippen LogP contribution in [0.3, 0.4) is 0 Å². The molecule has 1 saturated heterocycles. The van der Waals surface area contributed by atoms with E-state index in [-0.39, 0.29) is 12.5 Å². The summed E-state index contributed by atoms with van der Waals surface area (Å²) in [5.74, 6) is 1.65. The molecule has 1 amide bonds. The number of ether oxygens (including phenoxy) is 1. The summed E-state index contributed by atoms with van der Waals surface area (Å²) in [6.45, 7) is 4.62. The molecule has 0 N–H and O–H groups in total. The number of fused-ring (bicyclic) bond motifs is 1. The van der Waals surface area contributed by atoms with Gasteiger partial charge >= 0.3 is 0 Å². The molecule has 7 heteroatoms. The van der Waals surface area contributed by atoms with Crippen LogP contribution in [0.15, 0.2) is 97.5 Å². The number of rotatable bonds is 6. The van der Waals surface area contributed by atoms with Crippen LogP contribution in [0.1, 0.15) is 5.56 Å². The first kappa shape index (κ1) is 23.7. The molecule has 0 bridgehead atoms. The van der Waals surface area contributed by atoms with Gasteiger partial charge in [0.05, 0.1) is 5.39 Å². The van der Waals surface area contributed by atoms with Crippen molar-refractivity contribution in [2.75, 3.05) is 37.7 Å². The third kappa shape index (κ3) is 4.59. The lowest BCUT2D eigenvalue weighted by Crippen LogP contribution is -2.50. The summed E-state index contributed by atoms with van der Waals surface area (Å²) in [6.07, 6.45) is 3.79. The number of aromatic nitrogens is 3. The van der Waals surface area contributed by atoms with Crippen LogP contribution in [0.4, 0.5) is 5.82 Å². The highest BCUT2D eigenvalue weighted by Crippen LogP contribution is 2.37. The molecule has 3 heterocycles. The predicted molar refractivity (Wildman–Crippen MR) is 150 cm³/mol. The third-order valence-electron chi connectivity index (χ3n) is 7.06. The van der Waals surface area contributed by atoms with Crippen LogP contribution < -0.4 is 9.64 Å². The lowest BCUT2D eigenvalue weighted by Gasteiger charge is -2.35. The van der Waals surface area contributed by atoms with Gasteiger partial charge < -0.3 is 19.1 Å². The lowest BCUT2D eigenvalue weighted by atomic mass is 10.1. The topological polar surface area (TPSA) is 63.5 Å². The van der Waals surface area contributed by atoms with Crippen molar-refractivity contribution in [3.05, 3.63) is 103 Å². The van der Waals surface area contributed by atoms with Gasteiger partial charge in [0.15, 0.2) is 12.3 Å². The summed E-state index contributed by atoms with van der Waals surface area (Å²) >= 11 is 0. The average Bonchev–Trinajstić information content (AvgIpc) is 3.38. The number of anilines is 1. The van der Waals surface area contributed by atoms with Crippen LogP contribution in [0.2, 0.25) is 0 Å². The van der Waals surface area contributed by atoms with E-state index in [1.165, 1.54) is 0 Å². The number of hydrogen-bond donors (Lipinski definition) is 0. The standard InChI is InChI=1S/C31H29N5O2/c1-23-10-8-9-15-27(23)38-21-28(37)34-16-18-35(19-17-34)30-29-26(24-11-4-2-5-12-24)20-36(31(29)33-22-32-30)25-13-6-3-7-14-25/h2-15,20,22H,16-19,21H2,1H3. The largest absolute Gasteiger partial charge is 0.484 e. The second kappa shape index (κ2) is 10.4. The van der Waals surface area contributed by atoms with Crippen LogP contribution in [0.25, 0.3) is 27.8 Å². The summed E-state index contributed by atoms with van der Waals surface area (Å²) < 4.78 is 7.93. The van der Waals surface area contributed by atoms with Crippen molar-refractivity contribution in [2.45, 2.75) is 6.92 Å². The minimum Gasteiger partial charge on any atom is -0.484 e. The van der Waals surface area contributed by atoms with E-state index in [2.05, 4.69) is 39.9 Å². The molecular formula is C31H29N5O2. The molecule has 1 fully saturated rings. The van der Waals surface area contributed by atoms with Crippen LogP contribution >= 0.6 is 0 Å². The SMILES string of the molecule is Cc1ccccc1OCC(=O)N1CCN(c2ncnc3c2c(-c2ccccc2)cn3-c2ccccc2)CC1. The van der Waals surface area contributed by atoms with E-state index in [1.807, 2.05) is 72.5 Å². The number of piperazine rings is 1. The van der Waals surface area contributed by atoms with E-state index in [1.54, 1.807) is 6.33 Å². The summed E-state index contributed by atoms with van der Waals surface area (Å²) in [7, 11) is 0. The summed E-state index contributed by atoms with van der Waals surface area (Å²) in [5, 5.41) is 1.02. The molecule has 1 aliphatic heterocycles. The van der Waals surface area contributed by atoms with Crippen LogP contribution in [-0.2, 0) is 4.79 Å². The van der Waals surface area contributed by atoms with E-state index in [9.17, 15) is 4.79 Å². The predicted octanol–water partition coefficient (Wildman–Crippen LogP) is 5.12. The molecule has 0 radical (unpaired) electrons. The molecule has 7 nitrogen and oxygen atoms in total. The van der Waals surface area contributed by atoms with Crippen molar-refractivity contribution in [3.8, 4) is 22.6 Å². The zero-order chi connectivity index (χ0) is 25.9. The maximum Gasteiger partial charge on any atom is 0.260 e. The molecule has 0 spiro atoms. The molecule has 190 valence electrons. The van der Waals surface area contributed by atoms with E-state index >= 15 is 0 Å². The smallest absolute Gasteiger partial charge is 0.260 e. The highest BCUT2D eigenvalue weighted by atomic mass is 16.5. The van der Waals surface area contributed by atoms with E-state index in [4.69, 9.17) is 14.7 Å². The number of aryl methyl sites for hydroxylation is 1. The number of carbonyl (C=O) groups excluding carboxylic acids is 1. The Morgan fingerprint density at radius 1 is 0.842 bits per heavy atom. The Morgan fingerprint density at radius 2 is 1.53 bits per heavy atom. The first-order chi connectivity index (χ1) is 18.7. The number of benzene rings is 3. The minimum atomic E-state index is 0.000873. The molecule has 38 heavy (non-hydrogen) atoms. The molecule has 1 aliphatic rings. The third-order valence-corrected chi connectivity index (χ3v) is 7.06. The normalized spacial score (nSPS) is 13.6. The number of para-hydroxylation sites is 2. The highest BCUT2D eigenvalue weighted by molar-refractivity contribution is 6.02. The molecule has 3 aromatic carbocycles. The Morgan fingerprint density at radius 3 is 2.26 bits per heavy atom. The Hall–Kier alpha value is -4.65. The Balaban J connectivity index is 1.26. The van der Waals surface area contributed by atoms with Gasteiger partial charge in [-0.25, -0.2) is 9.97 Å². The molecule has 6 rings (SSSR count). The second-order valence-corrected chi connectivity index (χ2v) is 9.43. The van der Waals surface area contributed by atoms with Crippen LogP contribution in [0.5, 0.6) is 5.75 Å². The Bertz CT molecular complexity index is 1560. The van der Waals surface area contributed by atoms with E-state index < -0.39 is 0 Å². The number of carbonyl (C=O) groups is 1. The lowest BCUT2D eigenvalue weighted by molar-refractivity contribution is -0.133. The van der Waals surface area contributed by atoms with Crippen molar-refractivity contribution < 1.29 is 9.53 Å². The van der Waals surface area contributed by atoms with Gasteiger partial charge in [0.1, 0.15) is 17.9 Å². The molecule has 2 aromatic heterocycles. The first-order valence-electron chi connectivity index (χ1n) is 12.9. The monoisotopic (exact) mass is 503 g/mol. The van der Waals surface area contributed by atoms with Crippen molar-refractivity contribution in [2.24, 2.45) is 0 Å². The van der Waals surface area contributed by atoms with Gasteiger partial charge in [0, 0.05) is 43.6 Å². The molecule has 0 unspecified atom stereocenters. The average molecular weight is 504 g/mol. The zero-order valence-corrected chi connectivity index (χ0v) is 21.3. The number of nitrogens with zero attached hydrogens (tertiary/aromatic N) is 5. The number of amides is 1. The Kier molecular flexibility index (Phi) is 6.48. The molecule has 0 saturated carbocycles. The number of hydrogen-bond acceptors (Lipinski definition) is 5. The van der Waals surface area contributed by atoms with Gasteiger partial charge in [-0.15, -0.1) is 0 Å². The summed E-state index contributed by atoms with van der Waals surface area (Å²) in [6, 6.07) is 28.4. The molecule has 5 aromatic rings. The van der Waals surface area contributed by atoms with Crippen molar-refractivity contribution in [1.82, 2.24) is 19.4 Å². The van der Waals surface area contributed by atoms with Crippen molar-refractivity contribution in [1.29, 1.82) is 0 Å². The fourth-order valence-corrected chi connectivity index (χ4v) is 5.02. The minimum absolute atomic E-state index is 0.000873. The maximum atomic E-state index is 12.9. The van der Waals surface area contributed by atoms with Gasteiger partial charge in [-0.3, -0.25) is 4.79 Å². The second-order valence-electron chi connectivity index (χ2n) is 9.43. The quantitative estimate of drug-likeness (QED) is 0.322. The molecular weight excluding hydrogens is 474 g/mol. The fraction of sp³-hybridized carbons (Fsp3) is 0.194.